The number of carboxylic acids is 1. The highest BCUT2D eigenvalue weighted by molar-refractivity contribution is 5.98. The van der Waals surface area contributed by atoms with Gasteiger partial charge in [0.1, 0.15) is 6.61 Å². The summed E-state index contributed by atoms with van der Waals surface area (Å²) in [4.78, 5) is 24.9. The van der Waals surface area contributed by atoms with E-state index in [1.807, 2.05) is 72.8 Å². The van der Waals surface area contributed by atoms with Crippen molar-refractivity contribution < 1.29 is 19.4 Å². The highest BCUT2D eigenvalue weighted by Crippen LogP contribution is 2.32. The molecule has 0 aliphatic carbocycles. The third kappa shape index (κ3) is 5.60. The smallest absolute Gasteiger partial charge is 0.337 e. The zero-order chi connectivity index (χ0) is 22.2. The van der Waals surface area contributed by atoms with Gasteiger partial charge in [-0.3, -0.25) is 0 Å². The molecule has 0 saturated carbocycles. The molecule has 0 amide bonds. The van der Waals surface area contributed by atoms with Crippen LogP contribution in [0.3, 0.4) is 0 Å². The first-order valence-electron chi connectivity index (χ1n) is 10.0. The summed E-state index contributed by atoms with van der Waals surface area (Å²) in [6, 6.07) is 19.2. The van der Waals surface area contributed by atoms with E-state index in [9.17, 15) is 14.7 Å². The fourth-order valence-corrected chi connectivity index (χ4v) is 3.51. The minimum atomic E-state index is -1.07. The molecular formula is C26H25NO4. The number of carbonyl (C=O) groups is 2. The molecule has 1 atom stereocenters. The van der Waals surface area contributed by atoms with E-state index >= 15 is 0 Å². The van der Waals surface area contributed by atoms with Crippen LogP contribution in [0.1, 0.15) is 25.0 Å². The van der Waals surface area contributed by atoms with E-state index < -0.39 is 17.9 Å². The Kier molecular flexibility index (Phi) is 7.22. The van der Waals surface area contributed by atoms with Gasteiger partial charge in [0.15, 0.2) is 0 Å². The molecule has 0 spiro atoms. The Bertz CT molecular complexity index is 1060. The maximum absolute atomic E-state index is 12.9. The number of ether oxygens (including phenoxy) is 1. The first kappa shape index (κ1) is 21.8. The lowest BCUT2D eigenvalue weighted by molar-refractivity contribution is -0.138. The Hall–Kier alpha value is -3.86. The summed E-state index contributed by atoms with van der Waals surface area (Å²) in [7, 11) is 0. The minimum absolute atomic E-state index is 0.0880. The van der Waals surface area contributed by atoms with Gasteiger partial charge in [0.2, 0.25) is 0 Å². The van der Waals surface area contributed by atoms with Crippen LogP contribution in [0, 0.1) is 5.92 Å². The van der Waals surface area contributed by atoms with E-state index in [1.165, 1.54) is 0 Å². The van der Waals surface area contributed by atoms with Gasteiger partial charge in [-0.15, -0.1) is 0 Å². The van der Waals surface area contributed by atoms with Crippen LogP contribution in [-0.2, 0) is 14.3 Å². The molecule has 2 aromatic carbocycles. The fraction of sp³-hybridized carbons (Fsp3) is 0.154. The molecule has 1 aliphatic rings. The van der Waals surface area contributed by atoms with Crippen LogP contribution in [-0.4, -0.2) is 23.7 Å². The summed E-state index contributed by atoms with van der Waals surface area (Å²) in [5, 5.41) is 12.8. The second-order valence-electron chi connectivity index (χ2n) is 7.17. The molecule has 0 bridgehead atoms. The number of carboxylic acid groups (broad SMARTS) is 1. The Morgan fingerprint density at radius 2 is 1.45 bits per heavy atom. The zero-order valence-electron chi connectivity index (χ0n) is 17.5. The quantitative estimate of drug-likeness (QED) is 0.635. The number of hydrogen-bond acceptors (Lipinski definition) is 4. The third-order valence-electron chi connectivity index (χ3n) is 4.96. The molecule has 0 fully saturated rings. The standard InChI is InChI=1S/C26H25NO4/c1-18-23(25(28)29)22(16-15-21-12-7-4-8-13-21)24(19(2)27-18)26(30)31-17-9-14-20-10-5-3-6-11-20/h3-16,22,27H,17H2,1-2H3,(H,28,29)/b14-9+,16-15+. The summed E-state index contributed by atoms with van der Waals surface area (Å²) in [6.07, 6.45) is 7.19. The number of hydrogen-bond donors (Lipinski definition) is 2. The number of dihydropyridines is 1. The lowest BCUT2D eigenvalue weighted by atomic mass is 9.85. The van der Waals surface area contributed by atoms with Gasteiger partial charge in [0, 0.05) is 17.3 Å². The molecule has 31 heavy (non-hydrogen) atoms. The van der Waals surface area contributed by atoms with Crippen LogP contribution >= 0.6 is 0 Å². The van der Waals surface area contributed by atoms with Crippen molar-refractivity contribution in [3.8, 4) is 0 Å². The van der Waals surface area contributed by atoms with Gasteiger partial charge in [-0.05, 0) is 31.1 Å². The average molecular weight is 415 g/mol. The van der Waals surface area contributed by atoms with Crippen molar-refractivity contribution in [1.29, 1.82) is 0 Å². The minimum Gasteiger partial charge on any atom is -0.478 e. The summed E-state index contributed by atoms with van der Waals surface area (Å²) in [6.45, 7) is 3.54. The maximum atomic E-state index is 12.9. The van der Waals surface area contributed by atoms with Crippen LogP contribution in [0.25, 0.3) is 12.2 Å². The monoisotopic (exact) mass is 415 g/mol. The number of carbonyl (C=O) groups excluding carboxylic acids is 1. The van der Waals surface area contributed by atoms with Crippen LogP contribution in [0.4, 0.5) is 0 Å². The predicted molar refractivity (Wildman–Crippen MR) is 122 cm³/mol. The molecule has 0 saturated heterocycles. The molecule has 5 nitrogen and oxygen atoms in total. The van der Waals surface area contributed by atoms with E-state index in [1.54, 1.807) is 26.0 Å². The van der Waals surface area contributed by atoms with Gasteiger partial charge in [0.05, 0.1) is 11.1 Å². The largest absolute Gasteiger partial charge is 0.478 e. The number of aliphatic carboxylic acids is 1. The maximum Gasteiger partial charge on any atom is 0.337 e. The lowest BCUT2D eigenvalue weighted by Crippen LogP contribution is -2.32. The number of nitrogens with one attached hydrogen (secondary N) is 1. The normalized spacial score (nSPS) is 16.6. The molecular weight excluding hydrogens is 390 g/mol. The first-order valence-corrected chi connectivity index (χ1v) is 10.0. The van der Waals surface area contributed by atoms with Crippen molar-refractivity contribution in [1.82, 2.24) is 5.32 Å². The first-order chi connectivity index (χ1) is 15.0. The molecule has 2 aromatic rings. The molecule has 158 valence electrons. The highest BCUT2D eigenvalue weighted by atomic mass is 16.5. The Labute approximate surface area is 182 Å². The van der Waals surface area contributed by atoms with Crippen molar-refractivity contribution in [2.75, 3.05) is 6.61 Å². The van der Waals surface area contributed by atoms with Gasteiger partial charge in [-0.25, -0.2) is 9.59 Å². The molecule has 0 radical (unpaired) electrons. The van der Waals surface area contributed by atoms with Crippen molar-refractivity contribution in [3.63, 3.8) is 0 Å². The topological polar surface area (TPSA) is 75.6 Å². The molecule has 2 N–H and O–H groups in total. The summed E-state index contributed by atoms with van der Waals surface area (Å²) < 4.78 is 5.45. The number of esters is 1. The average Bonchev–Trinajstić information content (AvgIpc) is 2.76. The van der Waals surface area contributed by atoms with E-state index in [2.05, 4.69) is 5.32 Å². The van der Waals surface area contributed by atoms with E-state index in [-0.39, 0.29) is 12.2 Å². The highest BCUT2D eigenvalue weighted by Gasteiger charge is 2.34. The number of benzene rings is 2. The van der Waals surface area contributed by atoms with Gasteiger partial charge >= 0.3 is 11.9 Å². The second-order valence-corrected chi connectivity index (χ2v) is 7.17. The van der Waals surface area contributed by atoms with Gasteiger partial charge in [-0.1, -0.05) is 78.9 Å². The summed E-state index contributed by atoms with van der Waals surface area (Å²) >= 11 is 0. The molecule has 1 heterocycles. The van der Waals surface area contributed by atoms with Crippen molar-refractivity contribution in [2.24, 2.45) is 5.92 Å². The molecule has 1 unspecified atom stereocenters. The Morgan fingerprint density at radius 1 is 0.903 bits per heavy atom. The third-order valence-corrected chi connectivity index (χ3v) is 4.96. The predicted octanol–water partition coefficient (Wildman–Crippen LogP) is 4.81. The number of allylic oxidation sites excluding steroid dienone is 3. The summed E-state index contributed by atoms with van der Waals surface area (Å²) in [5.41, 5.74) is 3.44. The van der Waals surface area contributed by atoms with E-state index in [0.717, 1.165) is 11.1 Å². The lowest BCUT2D eigenvalue weighted by Gasteiger charge is -2.27. The van der Waals surface area contributed by atoms with Gasteiger partial charge < -0.3 is 15.2 Å². The molecule has 5 heteroatoms. The zero-order valence-corrected chi connectivity index (χ0v) is 17.5. The van der Waals surface area contributed by atoms with Crippen molar-refractivity contribution >= 4 is 24.1 Å². The Morgan fingerprint density at radius 3 is 2.03 bits per heavy atom. The molecule has 3 rings (SSSR count). The molecule has 1 aliphatic heterocycles. The van der Waals surface area contributed by atoms with Gasteiger partial charge in [0.25, 0.3) is 0 Å². The van der Waals surface area contributed by atoms with Crippen LogP contribution < -0.4 is 5.32 Å². The van der Waals surface area contributed by atoms with Crippen LogP contribution in [0.5, 0.6) is 0 Å². The summed E-state index contributed by atoms with van der Waals surface area (Å²) in [5.74, 6) is -2.34. The van der Waals surface area contributed by atoms with Crippen LogP contribution in [0.2, 0.25) is 0 Å². The number of rotatable bonds is 7. The van der Waals surface area contributed by atoms with E-state index in [4.69, 9.17) is 4.74 Å². The second kappa shape index (κ2) is 10.3. The van der Waals surface area contributed by atoms with Crippen molar-refractivity contribution in [3.05, 3.63) is 106 Å². The van der Waals surface area contributed by atoms with E-state index in [0.29, 0.717) is 17.0 Å². The molecule has 0 aromatic heterocycles. The Balaban J connectivity index is 1.81. The fourth-order valence-electron chi connectivity index (χ4n) is 3.51. The van der Waals surface area contributed by atoms with Gasteiger partial charge in [-0.2, -0.15) is 0 Å². The van der Waals surface area contributed by atoms with Crippen molar-refractivity contribution in [2.45, 2.75) is 13.8 Å². The SMILES string of the molecule is CC1=C(C(=O)O)C(/C=C/c2ccccc2)C(C(=O)OC/C=C/c2ccccc2)=C(C)N1. The van der Waals surface area contributed by atoms with Crippen LogP contribution in [0.15, 0.2) is 95.4 Å².